The summed E-state index contributed by atoms with van der Waals surface area (Å²) in [7, 11) is 0. The van der Waals surface area contributed by atoms with Crippen molar-refractivity contribution in [3.05, 3.63) is 28.2 Å². The van der Waals surface area contributed by atoms with E-state index in [0.717, 1.165) is 32.8 Å². The van der Waals surface area contributed by atoms with Crippen LogP contribution in [0.15, 0.2) is 18.2 Å². The standard InChI is InChI=1S/C17H21Cl2N3O3/c18-12-9-13(19)11-14(10-12)21-16(24)17(1-2-17)15(23)20-3-4-22-5-7-25-8-6-22/h9-11H,1-8H2,(H,20,23)(H,21,24). The van der Waals surface area contributed by atoms with Crippen LogP contribution in [0.25, 0.3) is 0 Å². The number of nitrogens with zero attached hydrogens (tertiary/aromatic N) is 1. The first-order valence-corrected chi connectivity index (χ1v) is 9.11. The van der Waals surface area contributed by atoms with Crippen LogP contribution in [0.4, 0.5) is 5.69 Å². The van der Waals surface area contributed by atoms with E-state index in [0.29, 0.717) is 35.1 Å². The molecule has 2 aliphatic rings. The minimum atomic E-state index is -0.972. The van der Waals surface area contributed by atoms with Gasteiger partial charge in [0.05, 0.1) is 13.2 Å². The average molecular weight is 386 g/mol. The zero-order valence-electron chi connectivity index (χ0n) is 13.8. The van der Waals surface area contributed by atoms with Gasteiger partial charge in [-0.3, -0.25) is 14.5 Å². The first-order valence-electron chi connectivity index (χ1n) is 8.35. The predicted octanol–water partition coefficient (Wildman–Crippen LogP) is 2.16. The molecule has 2 N–H and O–H groups in total. The van der Waals surface area contributed by atoms with Crippen molar-refractivity contribution in [1.82, 2.24) is 10.2 Å². The molecule has 0 atom stereocenters. The number of hydrogen-bond donors (Lipinski definition) is 2. The van der Waals surface area contributed by atoms with Crippen molar-refractivity contribution in [2.75, 3.05) is 44.7 Å². The second kappa shape index (κ2) is 7.91. The molecule has 1 heterocycles. The van der Waals surface area contributed by atoms with Crippen molar-refractivity contribution in [1.29, 1.82) is 0 Å². The summed E-state index contributed by atoms with van der Waals surface area (Å²) in [5.41, 5.74) is -0.477. The van der Waals surface area contributed by atoms with Gasteiger partial charge in [-0.1, -0.05) is 23.2 Å². The number of anilines is 1. The van der Waals surface area contributed by atoms with Crippen LogP contribution in [0.2, 0.25) is 10.0 Å². The highest BCUT2D eigenvalue weighted by molar-refractivity contribution is 6.35. The van der Waals surface area contributed by atoms with E-state index in [-0.39, 0.29) is 11.8 Å². The van der Waals surface area contributed by atoms with E-state index in [1.807, 2.05) is 0 Å². The van der Waals surface area contributed by atoms with Crippen LogP contribution in [-0.2, 0) is 14.3 Å². The van der Waals surface area contributed by atoms with Gasteiger partial charge in [-0.15, -0.1) is 0 Å². The highest BCUT2D eigenvalue weighted by Crippen LogP contribution is 2.47. The molecule has 1 aliphatic heterocycles. The SMILES string of the molecule is O=C(NCCN1CCOCC1)C1(C(=O)Nc2cc(Cl)cc(Cl)c2)CC1. The fourth-order valence-corrected chi connectivity index (χ4v) is 3.41. The summed E-state index contributed by atoms with van der Waals surface area (Å²) in [5.74, 6) is -0.527. The van der Waals surface area contributed by atoms with Crippen LogP contribution >= 0.6 is 23.2 Å². The Labute approximate surface area is 156 Å². The molecule has 6 nitrogen and oxygen atoms in total. The number of morpholine rings is 1. The molecule has 1 aromatic carbocycles. The summed E-state index contributed by atoms with van der Waals surface area (Å²) in [4.78, 5) is 27.2. The Kier molecular flexibility index (Phi) is 5.84. The van der Waals surface area contributed by atoms with Crippen LogP contribution in [0.1, 0.15) is 12.8 Å². The molecule has 2 amide bonds. The van der Waals surface area contributed by atoms with Crippen molar-refractivity contribution in [2.45, 2.75) is 12.8 Å². The lowest BCUT2D eigenvalue weighted by atomic mass is 10.1. The number of ether oxygens (including phenoxy) is 1. The molecule has 136 valence electrons. The quantitative estimate of drug-likeness (QED) is 0.736. The first-order chi connectivity index (χ1) is 12.0. The molecule has 1 saturated carbocycles. The number of nitrogens with one attached hydrogen (secondary N) is 2. The van der Waals surface area contributed by atoms with E-state index in [9.17, 15) is 9.59 Å². The van der Waals surface area contributed by atoms with Crippen molar-refractivity contribution in [3.63, 3.8) is 0 Å². The Morgan fingerprint density at radius 2 is 1.72 bits per heavy atom. The molecule has 8 heteroatoms. The second-order valence-corrected chi connectivity index (χ2v) is 7.28. The number of hydrogen-bond acceptors (Lipinski definition) is 4. The maximum Gasteiger partial charge on any atom is 0.240 e. The zero-order chi connectivity index (χ0) is 17.9. The van der Waals surface area contributed by atoms with Crippen LogP contribution < -0.4 is 10.6 Å². The molecule has 0 spiro atoms. The summed E-state index contributed by atoms with van der Waals surface area (Å²) in [5, 5.41) is 6.51. The van der Waals surface area contributed by atoms with Crippen molar-refractivity contribution in [3.8, 4) is 0 Å². The van der Waals surface area contributed by atoms with Crippen LogP contribution in [0.5, 0.6) is 0 Å². The lowest BCUT2D eigenvalue weighted by Crippen LogP contribution is -2.45. The van der Waals surface area contributed by atoms with Crippen LogP contribution in [0.3, 0.4) is 0 Å². The molecule has 3 rings (SSSR count). The number of rotatable bonds is 6. The molecule has 0 unspecified atom stereocenters. The zero-order valence-corrected chi connectivity index (χ0v) is 15.3. The van der Waals surface area contributed by atoms with Crippen molar-refractivity contribution in [2.24, 2.45) is 5.41 Å². The first kappa shape index (κ1) is 18.5. The lowest BCUT2D eigenvalue weighted by molar-refractivity contribution is -0.134. The molecule has 0 bridgehead atoms. The van der Waals surface area contributed by atoms with E-state index < -0.39 is 5.41 Å². The molecule has 1 aromatic rings. The number of amides is 2. The summed E-state index contributed by atoms with van der Waals surface area (Å²) in [6, 6.07) is 4.81. The third-order valence-electron chi connectivity index (χ3n) is 4.56. The van der Waals surface area contributed by atoms with Gasteiger partial charge in [0, 0.05) is 41.9 Å². The Morgan fingerprint density at radius 1 is 1.08 bits per heavy atom. The van der Waals surface area contributed by atoms with E-state index in [4.69, 9.17) is 27.9 Å². The lowest BCUT2D eigenvalue weighted by Gasteiger charge is -2.26. The van der Waals surface area contributed by atoms with E-state index in [1.165, 1.54) is 0 Å². The molecule has 0 aromatic heterocycles. The Bertz CT molecular complexity index is 638. The topological polar surface area (TPSA) is 70.7 Å². The second-order valence-electron chi connectivity index (χ2n) is 6.40. The van der Waals surface area contributed by atoms with Gasteiger partial charge >= 0.3 is 0 Å². The number of carbonyl (C=O) groups excluding carboxylic acids is 2. The summed E-state index contributed by atoms with van der Waals surface area (Å²) >= 11 is 11.9. The fraction of sp³-hybridized carbons (Fsp3) is 0.529. The summed E-state index contributed by atoms with van der Waals surface area (Å²) in [6.07, 6.45) is 1.10. The van der Waals surface area contributed by atoms with Crippen LogP contribution in [0, 0.1) is 5.41 Å². The maximum atomic E-state index is 12.5. The minimum absolute atomic E-state index is 0.216. The minimum Gasteiger partial charge on any atom is -0.379 e. The number of benzene rings is 1. The highest BCUT2D eigenvalue weighted by atomic mass is 35.5. The Morgan fingerprint density at radius 3 is 2.32 bits per heavy atom. The molecule has 1 saturated heterocycles. The van der Waals surface area contributed by atoms with Gasteiger partial charge in [0.1, 0.15) is 5.41 Å². The van der Waals surface area contributed by atoms with Gasteiger partial charge < -0.3 is 15.4 Å². The predicted molar refractivity (Wildman–Crippen MR) is 97.0 cm³/mol. The molecule has 25 heavy (non-hydrogen) atoms. The summed E-state index contributed by atoms with van der Waals surface area (Å²) in [6.45, 7) is 4.48. The van der Waals surface area contributed by atoms with E-state index in [1.54, 1.807) is 18.2 Å². The molecule has 1 aliphatic carbocycles. The third-order valence-corrected chi connectivity index (χ3v) is 4.99. The van der Waals surface area contributed by atoms with Gasteiger partial charge in [0.25, 0.3) is 0 Å². The molecular formula is C17H21Cl2N3O3. The largest absolute Gasteiger partial charge is 0.379 e. The smallest absolute Gasteiger partial charge is 0.240 e. The fourth-order valence-electron chi connectivity index (χ4n) is 2.88. The van der Waals surface area contributed by atoms with Gasteiger partial charge in [-0.2, -0.15) is 0 Å². The summed E-state index contributed by atoms with van der Waals surface area (Å²) < 4.78 is 5.30. The number of carbonyl (C=O) groups is 2. The van der Waals surface area contributed by atoms with Gasteiger partial charge in [0.15, 0.2) is 0 Å². The Balaban J connectivity index is 1.51. The van der Waals surface area contributed by atoms with E-state index in [2.05, 4.69) is 15.5 Å². The average Bonchev–Trinajstić information content (AvgIpc) is 3.36. The van der Waals surface area contributed by atoms with Crippen LogP contribution in [-0.4, -0.2) is 56.1 Å². The van der Waals surface area contributed by atoms with Gasteiger partial charge in [0.2, 0.25) is 11.8 Å². The normalized spacial score (nSPS) is 19.3. The molecule has 2 fully saturated rings. The van der Waals surface area contributed by atoms with Gasteiger partial charge in [-0.05, 0) is 31.0 Å². The van der Waals surface area contributed by atoms with Crippen molar-refractivity contribution >= 4 is 40.7 Å². The van der Waals surface area contributed by atoms with E-state index >= 15 is 0 Å². The van der Waals surface area contributed by atoms with Crippen molar-refractivity contribution < 1.29 is 14.3 Å². The highest BCUT2D eigenvalue weighted by Gasteiger charge is 2.56. The monoisotopic (exact) mass is 385 g/mol. The third kappa shape index (κ3) is 4.64. The maximum absolute atomic E-state index is 12.5. The molecular weight excluding hydrogens is 365 g/mol. The molecule has 0 radical (unpaired) electrons. The van der Waals surface area contributed by atoms with Gasteiger partial charge in [-0.25, -0.2) is 0 Å². The Hall–Kier alpha value is -1.34. The number of halogens is 2.